The van der Waals surface area contributed by atoms with E-state index in [1.807, 2.05) is 6.92 Å². The number of piperidine rings is 1. The Balaban J connectivity index is 2.17. The highest BCUT2D eigenvalue weighted by atomic mass is 15.3. The summed E-state index contributed by atoms with van der Waals surface area (Å²) in [4.78, 5) is 4.79. The van der Waals surface area contributed by atoms with Crippen LogP contribution < -0.4 is 10.6 Å². The van der Waals surface area contributed by atoms with E-state index in [-0.39, 0.29) is 0 Å². The van der Waals surface area contributed by atoms with Crippen LogP contribution in [0, 0.1) is 13.8 Å². The highest BCUT2D eigenvalue weighted by Crippen LogP contribution is 2.25. The number of aryl methyl sites for hydroxylation is 1. The summed E-state index contributed by atoms with van der Waals surface area (Å²) in [5.41, 5.74) is 9.22. The van der Waals surface area contributed by atoms with Gasteiger partial charge in [0, 0.05) is 38.3 Å². The summed E-state index contributed by atoms with van der Waals surface area (Å²) in [5.74, 6) is 0.963. The monoisotopic (exact) mass is 277 g/mol. The lowest BCUT2D eigenvalue weighted by Gasteiger charge is -2.37. The number of nitrogens with two attached hydrogens (primary N) is 1. The molecular weight excluding hydrogens is 250 g/mol. The summed E-state index contributed by atoms with van der Waals surface area (Å²) in [5, 5.41) is 8.68. The van der Waals surface area contributed by atoms with E-state index >= 15 is 0 Å². The van der Waals surface area contributed by atoms with Gasteiger partial charge in [-0.05, 0) is 38.8 Å². The molecule has 1 aromatic rings. The summed E-state index contributed by atoms with van der Waals surface area (Å²) in [6.45, 7) is 10.3. The number of nitrogens with zero attached hydrogens (tertiary/aromatic N) is 4. The summed E-state index contributed by atoms with van der Waals surface area (Å²) in [6.07, 6.45) is 2.37. The average Bonchev–Trinajstić information content (AvgIpc) is 2.49. The normalized spacial score (nSPS) is 17.4. The van der Waals surface area contributed by atoms with Crippen molar-refractivity contribution in [1.82, 2.24) is 15.1 Å². The largest absolute Gasteiger partial charge is 0.355 e. The minimum atomic E-state index is 0.523. The number of rotatable bonds is 4. The second-order valence-electron chi connectivity index (χ2n) is 5.69. The van der Waals surface area contributed by atoms with Gasteiger partial charge in [0.2, 0.25) is 0 Å². The SMILES string of the molecule is CCN1CCC(N(C)c2nnc(C)c(C)c2CN)CC1. The van der Waals surface area contributed by atoms with Gasteiger partial charge in [0.05, 0.1) is 5.69 Å². The van der Waals surface area contributed by atoms with Crippen LogP contribution in [0.4, 0.5) is 5.82 Å². The molecule has 0 unspecified atom stereocenters. The van der Waals surface area contributed by atoms with E-state index in [2.05, 4.69) is 40.9 Å². The van der Waals surface area contributed by atoms with Crippen molar-refractivity contribution in [2.24, 2.45) is 5.73 Å². The summed E-state index contributed by atoms with van der Waals surface area (Å²) in [7, 11) is 2.13. The van der Waals surface area contributed by atoms with Gasteiger partial charge in [-0.25, -0.2) is 0 Å². The number of hydrogen-bond acceptors (Lipinski definition) is 5. The molecule has 0 atom stereocenters. The quantitative estimate of drug-likeness (QED) is 0.903. The van der Waals surface area contributed by atoms with Gasteiger partial charge in [-0.15, -0.1) is 5.10 Å². The fraction of sp³-hybridized carbons (Fsp3) is 0.733. The Kier molecular flexibility index (Phi) is 4.94. The third kappa shape index (κ3) is 2.94. The van der Waals surface area contributed by atoms with Crippen molar-refractivity contribution in [2.45, 2.75) is 46.2 Å². The molecule has 1 saturated heterocycles. The molecule has 0 aromatic carbocycles. The smallest absolute Gasteiger partial charge is 0.156 e. The molecule has 2 heterocycles. The van der Waals surface area contributed by atoms with E-state index in [4.69, 9.17) is 5.73 Å². The van der Waals surface area contributed by atoms with Gasteiger partial charge in [-0.3, -0.25) is 0 Å². The van der Waals surface area contributed by atoms with Crippen LogP contribution >= 0.6 is 0 Å². The summed E-state index contributed by atoms with van der Waals surface area (Å²) >= 11 is 0. The van der Waals surface area contributed by atoms with Gasteiger partial charge < -0.3 is 15.5 Å². The molecule has 0 saturated carbocycles. The Bertz CT molecular complexity index is 452. The van der Waals surface area contributed by atoms with Crippen LogP contribution in [-0.4, -0.2) is 47.8 Å². The molecule has 1 aliphatic heterocycles. The second kappa shape index (κ2) is 6.50. The zero-order valence-corrected chi connectivity index (χ0v) is 13.2. The van der Waals surface area contributed by atoms with Crippen LogP contribution in [0.5, 0.6) is 0 Å². The predicted octanol–water partition coefficient (Wildman–Crippen LogP) is 1.47. The topological polar surface area (TPSA) is 58.3 Å². The molecule has 1 aliphatic rings. The summed E-state index contributed by atoms with van der Waals surface area (Å²) in [6, 6.07) is 0.541. The van der Waals surface area contributed by atoms with Crippen molar-refractivity contribution in [1.29, 1.82) is 0 Å². The molecule has 2 rings (SSSR count). The van der Waals surface area contributed by atoms with E-state index < -0.39 is 0 Å². The second-order valence-corrected chi connectivity index (χ2v) is 5.69. The van der Waals surface area contributed by atoms with Crippen LogP contribution in [0.1, 0.15) is 36.6 Å². The number of likely N-dealkylation sites (tertiary alicyclic amines) is 1. The minimum Gasteiger partial charge on any atom is -0.355 e. The maximum absolute atomic E-state index is 5.93. The fourth-order valence-corrected chi connectivity index (χ4v) is 2.97. The van der Waals surface area contributed by atoms with E-state index in [0.717, 1.165) is 23.6 Å². The third-order valence-corrected chi connectivity index (χ3v) is 4.65. The highest BCUT2D eigenvalue weighted by Gasteiger charge is 2.24. The van der Waals surface area contributed by atoms with E-state index in [1.54, 1.807) is 0 Å². The number of hydrogen-bond donors (Lipinski definition) is 1. The lowest BCUT2D eigenvalue weighted by molar-refractivity contribution is 0.220. The lowest BCUT2D eigenvalue weighted by Crippen LogP contribution is -2.44. The first-order chi connectivity index (χ1) is 9.58. The Morgan fingerprint density at radius 2 is 1.90 bits per heavy atom. The first-order valence-corrected chi connectivity index (χ1v) is 7.56. The van der Waals surface area contributed by atoms with Crippen LogP contribution in [0.25, 0.3) is 0 Å². The zero-order chi connectivity index (χ0) is 14.7. The van der Waals surface area contributed by atoms with E-state index in [0.29, 0.717) is 12.6 Å². The van der Waals surface area contributed by atoms with Crippen molar-refractivity contribution in [3.63, 3.8) is 0 Å². The third-order valence-electron chi connectivity index (χ3n) is 4.65. The zero-order valence-electron chi connectivity index (χ0n) is 13.2. The molecule has 2 N–H and O–H groups in total. The average molecular weight is 277 g/mol. The molecule has 0 spiro atoms. The maximum Gasteiger partial charge on any atom is 0.156 e. The van der Waals surface area contributed by atoms with Crippen LogP contribution in [0.3, 0.4) is 0 Å². The molecule has 20 heavy (non-hydrogen) atoms. The predicted molar refractivity (Wildman–Crippen MR) is 82.9 cm³/mol. The van der Waals surface area contributed by atoms with Gasteiger partial charge in [0.15, 0.2) is 5.82 Å². The van der Waals surface area contributed by atoms with E-state index in [9.17, 15) is 0 Å². The number of aromatic nitrogens is 2. The Morgan fingerprint density at radius 1 is 1.25 bits per heavy atom. The Labute approximate surface area is 122 Å². The first-order valence-electron chi connectivity index (χ1n) is 7.56. The molecule has 1 fully saturated rings. The molecule has 0 bridgehead atoms. The highest BCUT2D eigenvalue weighted by molar-refractivity contribution is 5.50. The van der Waals surface area contributed by atoms with Crippen molar-refractivity contribution >= 4 is 5.82 Å². The Hall–Kier alpha value is -1.20. The van der Waals surface area contributed by atoms with Crippen LogP contribution in [0.15, 0.2) is 0 Å². The molecule has 5 nitrogen and oxygen atoms in total. The van der Waals surface area contributed by atoms with Gasteiger partial charge in [0.1, 0.15) is 0 Å². The fourth-order valence-electron chi connectivity index (χ4n) is 2.97. The summed E-state index contributed by atoms with van der Waals surface area (Å²) < 4.78 is 0. The first kappa shape index (κ1) is 15.2. The van der Waals surface area contributed by atoms with Gasteiger partial charge >= 0.3 is 0 Å². The number of anilines is 1. The van der Waals surface area contributed by atoms with Crippen molar-refractivity contribution in [3.05, 3.63) is 16.8 Å². The van der Waals surface area contributed by atoms with Crippen LogP contribution in [-0.2, 0) is 6.54 Å². The van der Waals surface area contributed by atoms with Crippen LogP contribution in [0.2, 0.25) is 0 Å². The van der Waals surface area contributed by atoms with Gasteiger partial charge in [-0.2, -0.15) is 5.10 Å². The standard InChI is InChI=1S/C15H27N5/c1-5-20-8-6-13(7-9-20)19(4)15-14(10-16)11(2)12(3)17-18-15/h13H,5-10,16H2,1-4H3. The van der Waals surface area contributed by atoms with E-state index in [1.165, 1.54) is 31.5 Å². The molecule has 0 amide bonds. The van der Waals surface area contributed by atoms with Crippen molar-refractivity contribution in [3.8, 4) is 0 Å². The lowest BCUT2D eigenvalue weighted by atomic mass is 10.0. The molecule has 112 valence electrons. The van der Waals surface area contributed by atoms with Gasteiger partial charge in [-0.1, -0.05) is 6.92 Å². The van der Waals surface area contributed by atoms with Crippen molar-refractivity contribution < 1.29 is 0 Å². The molecule has 5 heteroatoms. The molecule has 0 radical (unpaired) electrons. The maximum atomic E-state index is 5.93. The Morgan fingerprint density at radius 3 is 2.45 bits per heavy atom. The minimum absolute atomic E-state index is 0.523. The van der Waals surface area contributed by atoms with Crippen molar-refractivity contribution in [2.75, 3.05) is 31.6 Å². The molecular formula is C15H27N5. The van der Waals surface area contributed by atoms with Gasteiger partial charge in [0.25, 0.3) is 0 Å². The molecule has 1 aromatic heterocycles. The molecule has 0 aliphatic carbocycles.